The van der Waals surface area contributed by atoms with Gasteiger partial charge in [0.25, 0.3) is 0 Å². The molecule has 2 aliphatic carbocycles. The minimum atomic E-state index is -0.728. The highest BCUT2D eigenvalue weighted by Gasteiger charge is 2.49. The first kappa shape index (κ1) is 40.6. The number of carbonyl (C=O) groups excluding carboxylic acids is 4. The molecule has 3 heterocycles. The van der Waals surface area contributed by atoms with Crippen LogP contribution in [0.5, 0.6) is 0 Å². The molecule has 0 spiro atoms. The van der Waals surface area contributed by atoms with Crippen molar-refractivity contribution in [2.24, 2.45) is 11.8 Å². The summed E-state index contributed by atoms with van der Waals surface area (Å²) < 4.78 is 9.54. The molecule has 3 aromatic carbocycles. The maximum atomic E-state index is 13.8. The van der Waals surface area contributed by atoms with E-state index >= 15 is 0 Å². The zero-order chi connectivity index (χ0) is 42.3. The third-order valence-electron chi connectivity index (χ3n) is 12.3. The summed E-state index contributed by atoms with van der Waals surface area (Å²) in [5.41, 5.74) is 9.89. The predicted octanol–water partition coefficient (Wildman–Crippen LogP) is 7.31. The van der Waals surface area contributed by atoms with Gasteiger partial charge in [0.05, 0.1) is 42.5 Å². The molecule has 0 radical (unpaired) electrons. The number of likely N-dealkylation sites (tertiary alicyclic amines) is 1. The Labute approximate surface area is 349 Å². The fourth-order valence-electron chi connectivity index (χ4n) is 8.70. The first-order chi connectivity index (χ1) is 28.9. The van der Waals surface area contributed by atoms with Crippen molar-refractivity contribution in [2.45, 2.75) is 96.3 Å². The van der Waals surface area contributed by atoms with Crippen molar-refractivity contribution in [1.82, 2.24) is 40.8 Å². The molecule has 1 saturated carbocycles. The standard InChI is InChI=1S/C46H54N8O6/c1-25(2)37(51-44(57)59-5)41(55)53-46(20-21-46)43-48-33-19-17-30(24-35(33)49-43)28-14-12-27(13-15-28)29-16-18-32-31(23-29)9-7-10-34-39(32)50-40(47-34)36-11-8-22-54(36)42(56)38(26(3)4)52-45(58)60-6/h12-19,23-26,36-38H,7-11,20-22H2,1-6H3,(H,47,50)(H,48,49)(H,51,57)(H,52,58)(H,53,55)/t36-,37-,38-/m0/s1. The van der Waals surface area contributed by atoms with Gasteiger partial charge >= 0.3 is 12.2 Å². The average molecular weight is 815 g/mol. The highest BCUT2D eigenvalue weighted by molar-refractivity contribution is 5.88. The largest absolute Gasteiger partial charge is 0.453 e. The summed E-state index contributed by atoms with van der Waals surface area (Å²) in [6.07, 6.45) is 4.70. The van der Waals surface area contributed by atoms with Gasteiger partial charge in [0, 0.05) is 17.8 Å². The lowest BCUT2D eigenvalue weighted by Gasteiger charge is -2.30. The molecular weight excluding hydrogens is 761 g/mol. The smallest absolute Gasteiger partial charge is 0.407 e. The van der Waals surface area contributed by atoms with E-state index in [1.807, 2.05) is 38.7 Å². The first-order valence-corrected chi connectivity index (χ1v) is 21.0. The Bertz CT molecular complexity index is 2430. The molecule has 0 unspecified atom stereocenters. The molecule has 0 bridgehead atoms. The van der Waals surface area contributed by atoms with Gasteiger partial charge in [0.15, 0.2) is 0 Å². The number of rotatable bonds is 11. The molecule has 5 aromatic rings. The van der Waals surface area contributed by atoms with E-state index in [-0.39, 0.29) is 29.7 Å². The second-order valence-electron chi connectivity index (χ2n) is 17.0. The molecule has 60 heavy (non-hydrogen) atoms. The monoisotopic (exact) mass is 814 g/mol. The van der Waals surface area contributed by atoms with Crippen LogP contribution in [0.25, 0.3) is 44.5 Å². The number of aryl methyl sites for hydroxylation is 2. The fraction of sp³-hybridized carbons (Fsp3) is 0.435. The SMILES string of the molecule is COC(=O)N[C@H](C(=O)NC1(c2nc3ccc(-c4ccc(-c5ccc6c(c5)CCCc5[nH]c([C@@H]7CCCN7C(=O)[C@@H](NC(=O)OC)C(C)C)nc5-6)cc4)cc3[nH]2)CC1)C(C)C. The minimum Gasteiger partial charge on any atom is -0.453 e. The molecule has 3 aliphatic rings. The van der Waals surface area contributed by atoms with E-state index in [9.17, 15) is 19.2 Å². The second kappa shape index (κ2) is 16.5. The number of hydrogen-bond donors (Lipinski definition) is 5. The zero-order valence-electron chi connectivity index (χ0n) is 35.1. The number of alkyl carbamates (subject to hydrolysis) is 2. The molecule has 1 aliphatic heterocycles. The summed E-state index contributed by atoms with van der Waals surface area (Å²) in [6.45, 7) is 8.21. The van der Waals surface area contributed by atoms with E-state index in [0.717, 1.165) is 101 Å². The average Bonchev–Trinajstić information content (AvgIpc) is 3.53. The molecule has 14 nitrogen and oxygen atoms in total. The van der Waals surface area contributed by atoms with Crippen molar-refractivity contribution < 1.29 is 28.7 Å². The van der Waals surface area contributed by atoms with E-state index in [2.05, 4.69) is 80.5 Å². The van der Waals surface area contributed by atoms with Crippen LogP contribution in [0.15, 0.2) is 60.7 Å². The third kappa shape index (κ3) is 7.94. The lowest BCUT2D eigenvalue weighted by Crippen LogP contribution is -2.52. The van der Waals surface area contributed by atoms with Gasteiger partial charge in [0.1, 0.15) is 23.7 Å². The highest BCUT2D eigenvalue weighted by Crippen LogP contribution is 2.45. The van der Waals surface area contributed by atoms with Crippen LogP contribution in [0.3, 0.4) is 0 Å². The molecule has 5 N–H and O–H groups in total. The topological polar surface area (TPSA) is 183 Å². The number of benzene rings is 3. The van der Waals surface area contributed by atoms with Gasteiger partial charge in [-0.2, -0.15) is 0 Å². The number of H-pyrrole nitrogens is 2. The van der Waals surface area contributed by atoms with Crippen LogP contribution >= 0.6 is 0 Å². The predicted molar refractivity (Wildman–Crippen MR) is 228 cm³/mol. The number of aromatic nitrogens is 4. The van der Waals surface area contributed by atoms with Crippen LogP contribution in [0, 0.1) is 11.8 Å². The number of amides is 4. The maximum Gasteiger partial charge on any atom is 0.407 e. The van der Waals surface area contributed by atoms with Gasteiger partial charge in [-0.25, -0.2) is 19.6 Å². The summed E-state index contributed by atoms with van der Waals surface area (Å²) in [4.78, 5) is 70.0. The van der Waals surface area contributed by atoms with Crippen molar-refractivity contribution in [3.05, 3.63) is 83.6 Å². The number of imidazole rings is 2. The van der Waals surface area contributed by atoms with Crippen molar-refractivity contribution in [1.29, 1.82) is 0 Å². The van der Waals surface area contributed by atoms with Gasteiger partial charge in [-0.1, -0.05) is 76.2 Å². The number of aromatic amines is 2. The maximum absolute atomic E-state index is 13.8. The molecule has 2 aromatic heterocycles. The number of ether oxygens (including phenoxy) is 2. The zero-order valence-corrected chi connectivity index (χ0v) is 35.1. The number of nitrogens with zero attached hydrogens (tertiary/aromatic N) is 3. The molecular formula is C46H54N8O6. The van der Waals surface area contributed by atoms with E-state index < -0.39 is 29.8 Å². The van der Waals surface area contributed by atoms with Gasteiger partial charge in [-0.15, -0.1) is 0 Å². The Hall–Kier alpha value is -6.18. The van der Waals surface area contributed by atoms with Crippen LogP contribution in [0.4, 0.5) is 9.59 Å². The number of nitrogens with one attached hydrogen (secondary N) is 5. The fourth-order valence-corrected chi connectivity index (χ4v) is 8.70. The van der Waals surface area contributed by atoms with Crippen molar-refractivity contribution in [3.63, 3.8) is 0 Å². The normalized spacial score (nSPS) is 17.7. The van der Waals surface area contributed by atoms with Gasteiger partial charge in [-0.05, 0) is 96.7 Å². The van der Waals surface area contributed by atoms with Crippen LogP contribution in [-0.4, -0.2) is 81.7 Å². The Balaban J connectivity index is 0.978. The molecule has 8 rings (SSSR count). The van der Waals surface area contributed by atoms with Gasteiger partial charge < -0.3 is 40.3 Å². The van der Waals surface area contributed by atoms with Crippen LogP contribution in [0.1, 0.15) is 88.7 Å². The highest BCUT2D eigenvalue weighted by atomic mass is 16.5. The molecule has 1 saturated heterocycles. The summed E-state index contributed by atoms with van der Waals surface area (Å²) in [5.74, 6) is 0.897. The number of hydrogen-bond acceptors (Lipinski definition) is 8. The van der Waals surface area contributed by atoms with Crippen LogP contribution in [-0.2, 0) is 37.4 Å². The summed E-state index contributed by atoms with van der Waals surface area (Å²) in [6, 6.07) is 19.8. The first-order valence-electron chi connectivity index (χ1n) is 21.0. The number of fused-ring (bicyclic) bond motifs is 4. The molecule has 3 atom stereocenters. The number of carbonyl (C=O) groups is 4. The molecule has 314 valence electrons. The van der Waals surface area contributed by atoms with Crippen LogP contribution < -0.4 is 16.0 Å². The Morgan fingerprint density at radius 1 is 0.767 bits per heavy atom. The molecule has 14 heteroatoms. The summed E-state index contributed by atoms with van der Waals surface area (Å²) >= 11 is 0. The van der Waals surface area contributed by atoms with E-state index in [1.165, 1.54) is 19.8 Å². The molecule has 4 amide bonds. The summed E-state index contributed by atoms with van der Waals surface area (Å²) in [5, 5.41) is 8.53. The van der Waals surface area contributed by atoms with E-state index in [1.54, 1.807) is 0 Å². The second-order valence-corrected chi connectivity index (χ2v) is 17.0. The van der Waals surface area contributed by atoms with Gasteiger partial charge in [-0.3, -0.25) is 9.59 Å². The Morgan fingerprint density at radius 3 is 2.05 bits per heavy atom. The Morgan fingerprint density at radius 2 is 1.40 bits per heavy atom. The Kier molecular flexibility index (Phi) is 11.1. The summed E-state index contributed by atoms with van der Waals surface area (Å²) in [7, 11) is 2.58. The quantitative estimate of drug-likeness (QED) is 0.0920. The molecule has 2 fully saturated rings. The number of methoxy groups -OCH3 is 2. The van der Waals surface area contributed by atoms with Crippen molar-refractivity contribution in [3.8, 4) is 33.5 Å². The van der Waals surface area contributed by atoms with Gasteiger partial charge in [0.2, 0.25) is 11.8 Å². The lowest BCUT2D eigenvalue weighted by atomic mass is 9.95. The van der Waals surface area contributed by atoms with Crippen molar-refractivity contribution >= 4 is 35.0 Å². The van der Waals surface area contributed by atoms with Crippen LogP contribution in [0.2, 0.25) is 0 Å². The van der Waals surface area contributed by atoms with E-state index in [0.29, 0.717) is 12.4 Å². The minimum absolute atomic E-state index is 0.101. The van der Waals surface area contributed by atoms with E-state index in [4.69, 9.17) is 19.4 Å². The van der Waals surface area contributed by atoms with Crippen molar-refractivity contribution in [2.75, 3.05) is 20.8 Å². The lowest BCUT2D eigenvalue weighted by molar-refractivity contribution is -0.135. The third-order valence-corrected chi connectivity index (χ3v) is 12.3.